The summed E-state index contributed by atoms with van der Waals surface area (Å²) in [7, 11) is 1.56. The molecule has 1 aromatic carbocycles. The van der Waals surface area contributed by atoms with E-state index in [1.165, 1.54) is 0 Å². The van der Waals surface area contributed by atoms with E-state index in [0.29, 0.717) is 39.6 Å². The second-order valence-corrected chi connectivity index (χ2v) is 5.28. The Morgan fingerprint density at radius 1 is 0.920 bits per heavy atom. The van der Waals surface area contributed by atoms with Crippen molar-refractivity contribution in [3.63, 3.8) is 0 Å². The molecule has 0 aliphatic heterocycles. The summed E-state index contributed by atoms with van der Waals surface area (Å²) in [6.45, 7) is 0. The fourth-order valence-corrected chi connectivity index (χ4v) is 2.50. The Morgan fingerprint density at radius 2 is 1.56 bits per heavy atom. The zero-order valence-corrected chi connectivity index (χ0v) is 13.3. The number of aromatic nitrogens is 2. The van der Waals surface area contributed by atoms with Gasteiger partial charge >= 0.3 is 6.03 Å². The number of rotatable bonds is 3. The molecule has 0 atom stereocenters. The van der Waals surface area contributed by atoms with Gasteiger partial charge in [0.1, 0.15) is 11.4 Å². The predicted molar refractivity (Wildman–Crippen MR) is 93.0 cm³/mol. The highest BCUT2D eigenvalue weighted by molar-refractivity contribution is 5.92. The van der Waals surface area contributed by atoms with Gasteiger partial charge in [-0.15, -0.1) is 0 Å². The third kappa shape index (κ3) is 2.83. The molecule has 25 heavy (non-hydrogen) atoms. The molecule has 0 aliphatic carbocycles. The van der Waals surface area contributed by atoms with Crippen LogP contribution >= 0.6 is 0 Å². The number of hydrogen-bond acceptors (Lipinski definition) is 5. The van der Waals surface area contributed by atoms with Crippen LogP contribution in [0.5, 0.6) is 0 Å². The zero-order valence-electron chi connectivity index (χ0n) is 13.3. The van der Waals surface area contributed by atoms with Crippen LogP contribution in [0.25, 0.3) is 33.9 Å². The number of nitrogens with one attached hydrogen (secondary N) is 2. The average molecular weight is 334 g/mol. The Bertz CT molecular complexity index is 1020. The molecule has 3 heterocycles. The molecule has 3 aromatic heterocycles. The Morgan fingerprint density at radius 3 is 2.12 bits per heavy atom. The van der Waals surface area contributed by atoms with Crippen LogP contribution < -0.4 is 10.6 Å². The highest BCUT2D eigenvalue weighted by atomic mass is 16.3. The molecule has 0 bridgehead atoms. The van der Waals surface area contributed by atoms with Gasteiger partial charge in [0, 0.05) is 12.7 Å². The van der Waals surface area contributed by atoms with Gasteiger partial charge in [0.15, 0.2) is 11.5 Å². The second kappa shape index (κ2) is 6.12. The van der Waals surface area contributed by atoms with Crippen LogP contribution in [-0.2, 0) is 0 Å². The van der Waals surface area contributed by atoms with Crippen molar-refractivity contribution < 1.29 is 13.6 Å². The van der Waals surface area contributed by atoms with E-state index < -0.39 is 0 Å². The van der Waals surface area contributed by atoms with E-state index in [1.807, 2.05) is 12.1 Å². The molecule has 0 saturated carbocycles. The van der Waals surface area contributed by atoms with Crippen LogP contribution in [0.1, 0.15) is 0 Å². The van der Waals surface area contributed by atoms with Gasteiger partial charge in [0.2, 0.25) is 0 Å². The number of hydrogen-bond donors (Lipinski definition) is 2. The summed E-state index contributed by atoms with van der Waals surface area (Å²) >= 11 is 0. The number of benzene rings is 1. The van der Waals surface area contributed by atoms with Crippen molar-refractivity contribution in [1.82, 2.24) is 15.3 Å². The lowest BCUT2D eigenvalue weighted by molar-refractivity contribution is 0.254. The summed E-state index contributed by atoms with van der Waals surface area (Å²) in [5.74, 6) is 1.19. The van der Waals surface area contributed by atoms with E-state index in [0.717, 1.165) is 0 Å². The fourth-order valence-electron chi connectivity index (χ4n) is 2.50. The molecule has 0 fully saturated rings. The number of nitrogens with zero attached hydrogens (tertiary/aromatic N) is 2. The number of urea groups is 1. The topological polar surface area (TPSA) is 93.2 Å². The second-order valence-electron chi connectivity index (χ2n) is 5.28. The van der Waals surface area contributed by atoms with Crippen LogP contribution in [0.15, 0.2) is 63.8 Å². The first-order valence-electron chi connectivity index (χ1n) is 7.63. The molecule has 124 valence electrons. The lowest BCUT2D eigenvalue weighted by Crippen LogP contribution is -2.24. The molecular weight excluding hydrogens is 320 g/mol. The summed E-state index contributed by atoms with van der Waals surface area (Å²) in [6.07, 6.45) is 3.17. The van der Waals surface area contributed by atoms with Crippen LogP contribution in [0.3, 0.4) is 0 Å². The van der Waals surface area contributed by atoms with E-state index in [-0.39, 0.29) is 6.03 Å². The van der Waals surface area contributed by atoms with Gasteiger partial charge in [-0.3, -0.25) is 0 Å². The Hall–Kier alpha value is -3.61. The van der Waals surface area contributed by atoms with Crippen molar-refractivity contribution in [3.05, 3.63) is 55.0 Å². The van der Waals surface area contributed by atoms with E-state index in [2.05, 4.69) is 20.6 Å². The Labute approximate surface area is 142 Å². The molecule has 2 amide bonds. The summed E-state index contributed by atoms with van der Waals surface area (Å²) in [5.41, 5.74) is 3.11. The largest absolute Gasteiger partial charge is 0.463 e. The van der Waals surface area contributed by atoms with Gasteiger partial charge in [0.25, 0.3) is 0 Å². The maximum atomic E-state index is 11.5. The first-order chi connectivity index (χ1) is 12.2. The smallest absolute Gasteiger partial charge is 0.318 e. The van der Waals surface area contributed by atoms with E-state index >= 15 is 0 Å². The third-order valence-corrected chi connectivity index (χ3v) is 3.66. The highest BCUT2D eigenvalue weighted by Crippen LogP contribution is 2.32. The van der Waals surface area contributed by atoms with E-state index in [4.69, 9.17) is 8.83 Å². The van der Waals surface area contributed by atoms with Gasteiger partial charge in [-0.05, 0) is 42.5 Å². The zero-order chi connectivity index (χ0) is 17.2. The van der Waals surface area contributed by atoms with Crippen LogP contribution in [-0.4, -0.2) is 23.0 Å². The molecular formula is C18H14N4O3. The van der Waals surface area contributed by atoms with Crippen LogP contribution in [0.2, 0.25) is 0 Å². The first kappa shape index (κ1) is 14.9. The molecule has 0 spiro atoms. The molecule has 0 aliphatic rings. The Balaban J connectivity index is 1.89. The molecule has 0 saturated heterocycles. The van der Waals surface area contributed by atoms with Crippen molar-refractivity contribution >= 4 is 22.8 Å². The lowest BCUT2D eigenvalue weighted by atomic mass is 10.1. The Kier molecular flexibility index (Phi) is 3.66. The molecule has 4 aromatic rings. The molecule has 4 rings (SSSR count). The number of amides is 2. The summed E-state index contributed by atoms with van der Waals surface area (Å²) in [5, 5.41) is 5.23. The monoisotopic (exact) mass is 334 g/mol. The van der Waals surface area contributed by atoms with Gasteiger partial charge in [-0.25, -0.2) is 14.8 Å². The van der Waals surface area contributed by atoms with Crippen molar-refractivity contribution in [1.29, 1.82) is 0 Å². The molecule has 2 N–H and O–H groups in total. The van der Waals surface area contributed by atoms with Crippen molar-refractivity contribution in [2.24, 2.45) is 0 Å². The van der Waals surface area contributed by atoms with Gasteiger partial charge in [0.05, 0.1) is 23.6 Å². The minimum Gasteiger partial charge on any atom is -0.463 e. The van der Waals surface area contributed by atoms with E-state index in [9.17, 15) is 4.79 Å². The summed E-state index contributed by atoms with van der Waals surface area (Å²) in [6, 6.07) is 12.2. The van der Waals surface area contributed by atoms with Crippen molar-refractivity contribution in [3.8, 4) is 22.9 Å². The average Bonchev–Trinajstić information content (AvgIpc) is 3.34. The third-order valence-electron chi connectivity index (χ3n) is 3.66. The number of anilines is 1. The van der Waals surface area contributed by atoms with Gasteiger partial charge in [-0.2, -0.15) is 0 Å². The van der Waals surface area contributed by atoms with Gasteiger partial charge in [-0.1, -0.05) is 0 Å². The standard InChI is InChI=1S/C18H14N4O3/c1-19-18(23)20-11-6-7-12-13(10-11)22-17(15-5-3-9-25-15)16(21-12)14-4-2-8-24-14/h2-10H,1H3,(H2,19,20,23). The fraction of sp³-hybridized carbons (Fsp3) is 0.0556. The number of carbonyl (C=O) groups excluding carboxylic acids is 1. The minimum absolute atomic E-state index is 0.300. The van der Waals surface area contributed by atoms with Gasteiger partial charge < -0.3 is 19.5 Å². The maximum Gasteiger partial charge on any atom is 0.318 e. The molecule has 0 radical (unpaired) electrons. The maximum absolute atomic E-state index is 11.5. The molecule has 0 unspecified atom stereocenters. The van der Waals surface area contributed by atoms with E-state index in [1.54, 1.807) is 49.9 Å². The number of fused-ring (bicyclic) bond motifs is 1. The molecule has 7 heteroatoms. The quantitative estimate of drug-likeness (QED) is 0.592. The SMILES string of the molecule is CNC(=O)Nc1ccc2nc(-c3ccco3)c(-c3ccco3)nc2c1. The first-order valence-corrected chi connectivity index (χ1v) is 7.63. The van der Waals surface area contributed by atoms with Crippen molar-refractivity contribution in [2.45, 2.75) is 0 Å². The predicted octanol–water partition coefficient (Wildman–Crippen LogP) is 3.90. The summed E-state index contributed by atoms with van der Waals surface area (Å²) < 4.78 is 11.0. The number of carbonyl (C=O) groups is 1. The van der Waals surface area contributed by atoms with Crippen LogP contribution in [0.4, 0.5) is 10.5 Å². The normalized spacial score (nSPS) is 10.8. The highest BCUT2D eigenvalue weighted by Gasteiger charge is 2.17. The van der Waals surface area contributed by atoms with Crippen LogP contribution in [0, 0.1) is 0 Å². The summed E-state index contributed by atoms with van der Waals surface area (Å²) in [4.78, 5) is 20.8. The molecule has 7 nitrogen and oxygen atoms in total. The number of furan rings is 2. The minimum atomic E-state index is -0.300. The van der Waals surface area contributed by atoms with Crippen molar-refractivity contribution in [2.75, 3.05) is 12.4 Å². The lowest BCUT2D eigenvalue weighted by Gasteiger charge is -2.08.